The molecule has 3 nitrogen and oxygen atoms in total. The lowest BCUT2D eigenvalue weighted by molar-refractivity contribution is 0.415. The molecule has 0 radical (unpaired) electrons. The summed E-state index contributed by atoms with van der Waals surface area (Å²) in [6.07, 6.45) is 0. The molecule has 3 rings (SSSR count). The molecule has 104 valence electrons. The van der Waals surface area contributed by atoms with Crippen LogP contribution in [0.4, 0.5) is 0 Å². The van der Waals surface area contributed by atoms with E-state index in [4.69, 9.17) is 16.3 Å². The lowest BCUT2D eigenvalue weighted by atomic mass is 10.3. The zero-order valence-corrected chi connectivity index (χ0v) is 13.9. The van der Waals surface area contributed by atoms with Crippen LogP contribution in [0.3, 0.4) is 0 Å². The Morgan fingerprint density at radius 1 is 1.40 bits per heavy atom. The van der Waals surface area contributed by atoms with Crippen LogP contribution in [0.15, 0.2) is 34.1 Å². The Bertz CT molecular complexity index is 753. The van der Waals surface area contributed by atoms with Crippen molar-refractivity contribution in [1.29, 1.82) is 0 Å². The molecule has 6 heteroatoms. The second-order valence-corrected chi connectivity index (χ2v) is 6.42. The highest BCUT2D eigenvalue weighted by Crippen LogP contribution is 2.28. The number of nitrogens with zero attached hydrogens (tertiary/aromatic N) is 2. The van der Waals surface area contributed by atoms with Crippen molar-refractivity contribution in [2.24, 2.45) is 0 Å². The summed E-state index contributed by atoms with van der Waals surface area (Å²) < 4.78 is 8.56. The average Bonchev–Trinajstić information content (AvgIpc) is 3.03. The molecule has 0 fully saturated rings. The summed E-state index contributed by atoms with van der Waals surface area (Å²) in [6, 6.07) is 7.93. The topological polar surface area (TPSA) is 27.1 Å². The number of thiophene rings is 1. The Labute approximate surface area is 134 Å². The van der Waals surface area contributed by atoms with Crippen LogP contribution in [0.1, 0.15) is 10.7 Å². The summed E-state index contributed by atoms with van der Waals surface area (Å²) in [5, 5.41) is 2.07. The van der Waals surface area contributed by atoms with E-state index in [1.807, 2.05) is 18.2 Å². The van der Waals surface area contributed by atoms with Gasteiger partial charge in [0.15, 0.2) is 0 Å². The highest BCUT2D eigenvalue weighted by Gasteiger charge is 2.13. The molecule has 0 aliphatic carbocycles. The standard InChI is InChI=1S/C14H12BrClN2OS/c1-19-9-2-3-11-12(6-9)18(14(7-16)17-11)8-13-10(15)4-5-20-13/h2-6H,7-8H2,1H3. The number of halogens is 2. The Balaban J connectivity index is 2.13. The number of ether oxygens (including phenoxy) is 1. The number of benzene rings is 1. The molecule has 0 aliphatic rings. The van der Waals surface area contributed by atoms with Gasteiger partial charge in [-0.05, 0) is 39.5 Å². The first-order valence-electron chi connectivity index (χ1n) is 6.04. The first-order chi connectivity index (χ1) is 9.72. The van der Waals surface area contributed by atoms with Gasteiger partial charge in [-0.1, -0.05) is 0 Å². The molecule has 1 aromatic carbocycles. The van der Waals surface area contributed by atoms with Gasteiger partial charge in [-0.25, -0.2) is 4.98 Å². The van der Waals surface area contributed by atoms with E-state index in [0.717, 1.165) is 33.6 Å². The van der Waals surface area contributed by atoms with Crippen molar-refractivity contribution < 1.29 is 4.74 Å². The molecule has 0 N–H and O–H groups in total. The molecular weight excluding hydrogens is 360 g/mol. The van der Waals surface area contributed by atoms with Gasteiger partial charge in [0, 0.05) is 15.4 Å². The van der Waals surface area contributed by atoms with Gasteiger partial charge in [-0.3, -0.25) is 0 Å². The number of methoxy groups -OCH3 is 1. The molecule has 0 atom stereocenters. The van der Waals surface area contributed by atoms with Gasteiger partial charge in [-0.15, -0.1) is 22.9 Å². The molecule has 3 aromatic rings. The number of hydrogen-bond acceptors (Lipinski definition) is 3. The molecular formula is C14H12BrClN2OS. The third kappa shape index (κ3) is 2.45. The quantitative estimate of drug-likeness (QED) is 0.624. The number of alkyl halides is 1. The highest BCUT2D eigenvalue weighted by atomic mass is 79.9. The highest BCUT2D eigenvalue weighted by molar-refractivity contribution is 9.10. The van der Waals surface area contributed by atoms with Crippen LogP contribution in [0.2, 0.25) is 0 Å². The smallest absolute Gasteiger partial charge is 0.125 e. The summed E-state index contributed by atoms with van der Waals surface area (Å²) >= 11 is 11.3. The normalized spacial score (nSPS) is 11.2. The van der Waals surface area contributed by atoms with E-state index in [9.17, 15) is 0 Å². The van der Waals surface area contributed by atoms with Gasteiger partial charge in [0.1, 0.15) is 11.6 Å². The van der Waals surface area contributed by atoms with E-state index in [1.165, 1.54) is 4.88 Å². The Morgan fingerprint density at radius 3 is 2.90 bits per heavy atom. The van der Waals surface area contributed by atoms with Crippen molar-refractivity contribution >= 4 is 49.9 Å². The van der Waals surface area contributed by atoms with E-state index in [-0.39, 0.29) is 0 Å². The van der Waals surface area contributed by atoms with Gasteiger partial charge in [-0.2, -0.15) is 0 Å². The monoisotopic (exact) mass is 370 g/mol. The minimum Gasteiger partial charge on any atom is -0.497 e. The first-order valence-corrected chi connectivity index (χ1v) is 8.24. The van der Waals surface area contributed by atoms with E-state index >= 15 is 0 Å². The van der Waals surface area contributed by atoms with Crippen LogP contribution in [0, 0.1) is 0 Å². The minimum absolute atomic E-state index is 0.389. The van der Waals surface area contributed by atoms with Gasteiger partial charge in [0.25, 0.3) is 0 Å². The molecule has 0 aliphatic heterocycles. The molecule has 0 saturated carbocycles. The number of aromatic nitrogens is 2. The number of imidazole rings is 1. The lowest BCUT2D eigenvalue weighted by Crippen LogP contribution is -2.03. The van der Waals surface area contributed by atoms with Gasteiger partial charge >= 0.3 is 0 Å². The number of fused-ring (bicyclic) bond motifs is 1. The van der Waals surface area contributed by atoms with Crippen LogP contribution in [0.5, 0.6) is 5.75 Å². The third-order valence-electron chi connectivity index (χ3n) is 3.15. The predicted molar refractivity (Wildman–Crippen MR) is 87.0 cm³/mol. The number of rotatable bonds is 4. The molecule has 0 bridgehead atoms. The maximum atomic E-state index is 6.03. The molecule has 2 aromatic heterocycles. The molecule has 0 amide bonds. The van der Waals surface area contributed by atoms with Crippen molar-refractivity contribution in [3.05, 3.63) is 44.8 Å². The maximum Gasteiger partial charge on any atom is 0.125 e. The fraction of sp³-hybridized carbons (Fsp3) is 0.214. The van der Waals surface area contributed by atoms with Gasteiger partial charge < -0.3 is 9.30 Å². The van der Waals surface area contributed by atoms with Crippen LogP contribution in [0.25, 0.3) is 11.0 Å². The van der Waals surface area contributed by atoms with Crippen LogP contribution in [-0.2, 0) is 12.4 Å². The summed E-state index contributed by atoms with van der Waals surface area (Å²) in [5.74, 6) is 2.08. The van der Waals surface area contributed by atoms with E-state index in [1.54, 1.807) is 18.4 Å². The largest absolute Gasteiger partial charge is 0.497 e. The van der Waals surface area contributed by atoms with Crippen molar-refractivity contribution in [3.8, 4) is 5.75 Å². The summed E-state index contributed by atoms with van der Waals surface area (Å²) in [5.41, 5.74) is 1.98. The van der Waals surface area contributed by atoms with Crippen molar-refractivity contribution in [2.45, 2.75) is 12.4 Å². The Hall–Kier alpha value is -1.04. The van der Waals surface area contributed by atoms with Crippen LogP contribution < -0.4 is 4.74 Å². The zero-order chi connectivity index (χ0) is 14.1. The SMILES string of the molecule is COc1ccc2nc(CCl)n(Cc3sccc3Br)c2c1. The fourth-order valence-corrected chi connectivity index (χ4v) is 3.81. The summed E-state index contributed by atoms with van der Waals surface area (Å²) in [7, 11) is 1.67. The van der Waals surface area contributed by atoms with Crippen molar-refractivity contribution in [1.82, 2.24) is 9.55 Å². The number of hydrogen-bond donors (Lipinski definition) is 0. The average molecular weight is 372 g/mol. The minimum atomic E-state index is 0.389. The van der Waals surface area contributed by atoms with Crippen LogP contribution >= 0.6 is 38.9 Å². The predicted octanol–water partition coefficient (Wildman–Crippen LogP) is 4.66. The molecule has 20 heavy (non-hydrogen) atoms. The van der Waals surface area contributed by atoms with E-state index < -0.39 is 0 Å². The maximum absolute atomic E-state index is 6.03. The second-order valence-electron chi connectivity index (χ2n) is 4.29. The molecule has 2 heterocycles. The molecule has 0 spiro atoms. The lowest BCUT2D eigenvalue weighted by Gasteiger charge is -2.07. The Morgan fingerprint density at radius 2 is 2.25 bits per heavy atom. The summed E-state index contributed by atoms with van der Waals surface area (Å²) in [4.78, 5) is 5.83. The van der Waals surface area contributed by atoms with Crippen LogP contribution in [-0.4, -0.2) is 16.7 Å². The zero-order valence-electron chi connectivity index (χ0n) is 10.8. The van der Waals surface area contributed by atoms with E-state index in [0.29, 0.717) is 5.88 Å². The van der Waals surface area contributed by atoms with E-state index in [2.05, 4.69) is 36.9 Å². The van der Waals surface area contributed by atoms with Crippen molar-refractivity contribution in [3.63, 3.8) is 0 Å². The van der Waals surface area contributed by atoms with Crippen molar-refractivity contribution in [2.75, 3.05) is 7.11 Å². The fourth-order valence-electron chi connectivity index (χ4n) is 2.14. The second kappa shape index (κ2) is 5.76. The first kappa shape index (κ1) is 13.9. The van der Waals surface area contributed by atoms with Gasteiger partial charge in [0.2, 0.25) is 0 Å². The Kier molecular flexibility index (Phi) is 4.01. The molecule has 0 unspecified atom stereocenters. The molecule has 0 saturated heterocycles. The summed E-state index contributed by atoms with van der Waals surface area (Å²) in [6.45, 7) is 0.754. The van der Waals surface area contributed by atoms with Gasteiger partial charge in [0.05, 0.1) is 30.6 Å². The third-order valence-corrected chi connectivity index (χ3v) is 5.30.